The Labute approximate surface area is 217 Å². The number of ether oxygens (including phenoxy) is 2. The first-order valence-electron chi connectivity index (χ1n) is 12.2. The molecule has 1 unspecified atom stereocenters. The lowest BCUT2D eigenvalue weighted by atomic mass is 9.89. The zero-order chi connectivity index (χ0) is 26.2. The highest BCUT2D eigenvalue weighted by atomic mass is 35.5. The van der Waals surface area contributed by atoms with Crippen LogP contribution in [0.3, 0.4) is 0 Å². The summed E-state index contributed by atoms with van der Waals surface area (Å²) in [5, 5.41) is 7.40. The number of fused-ring (bicyclic) bond motifs is 2. The van der Waals surface area contributed by atoms with E-state index in [9.17, 15) is 18.0 Å². The predicted molar refractivity (Wildman–Crippen MR) is 135 cm³/mol. The average molecular weight is 534 g/mol. The minimum Gasteiger partial charge on any atom is -0.497 e. The second-order valence-electron chi connectivity index (χ2n) is 9.60. The van der Waals surface area contributed by atoms with Gasteiger partial charge in [0, 0.05) is 34.2 Å². The van der Waals surface area contributed by atoms with Gasteiger partial charge in [-0.25, -0.2) is 4.98 Å². The third-order valence-electron chi connectivity index (χ3n) is 7.05. The van der Waals surface area contributed by atoms with Crippen LogP contribution in [0.4, 0.5) is 18.9 Å². The van der Waals surface area contributed by atoms with Crippen molar-refractivity contribution in [3.05, 3.63) is 58.7 Å². The van der Waals surface area contributed by atoms with Crippen molar-refractivity contribution in [2.24, 2.45) is 5.92 Å². The fraction of sp³-hybridized carbons (Fsp3) is 0.407. The SMILES string of the molecule is COc1ccc2c(c1)OCC(C(=O)NC1CCC(Nc3cc(C(F)(F)F)nc4ccc(Cl)cc34)CC1)C2. The molecule has 2 aliphatic rings. The molecule has 1 aliphatic heterocycles. The summed E-state index contributed by atoms with van der Waals surface area (Å²) in [5.74, 6) is 1.14. The summed E-state index contributed by atoms with van der Waals surface area (Å²) in [6.07, 6.45) is -1.09. The quantitative estimate of drug-likeness (QED) is 0.420. The number of pyridine rings is 1. The minimum atomic E-state index is -4.55. The van der Waals surface area contributed by atoms with Crippen molar-refractivity contribution in [2.45, 2.75) is 50.4 Å². The molecule has 2 N–H and O–H groups in total. The number of anilines is 1. The van der Waals surface area contributed by atoms with Crippen LogP contribution in [0.5, 0.6) is 11.5 Å². The van der Waals surface area contributed by atoms with E-state index in [0.29, 0.717) is 47.7 Å². The van der Waals surface area contributed by atoms with Crippen LogP contribution in [0.15, 0.2) is 42.5 Å². The molecule has 1 aliphatic carbocycles. The van der Waals surface area contributed by atoms with Crippen molar-refractivity contribution in [3.63, 3.8) is 0 Å². The molecule has 1 aromatic heterocycles. The van der Waals surface area contributed by atoms with Gasteiger partial charge in [0.1, 0.15) is 23.8 Å². The maximum Gasteiger partial charge on any atom is 0.433 e. The highest BCUT2D eigenvalue weighted by molar-refractivity contribution is 6.31. The van der Waals surface area contributed by atoms with Gasteiger partial charge in [0.2, 0.25) is 5.91 Å². The summed E-state index contributed by atoms with van der Waals surface area (Å²) in [5.41, 5.74) is 0.628. The number of amides is 1. The molecule has 2 aromatic carbocycles. The van der Waals surface area contributed by atoms with E-state index in [0.717, 1.165) is 30.2 Å². The van der Waals surface area contributed by atoms with E-state index in [1.165, 1.54) is 12.1 Å². The van der Waals surface area contributed by atoms with E-state index in [4.69, 9.17) is 21.1 Å². The zero-order valence-electron chi connectivity index (χ0n) is 20.2. The lowest BCUT2D eigenvalue weighted by Gasteiger charge is -2.32. The first kappa shape index (κ1) is 25.4. The average Bonchev–Trinajstić information content (AvgIpc) is 2.88. The second kappa shape index (κ2) is 10.3. The van der Waals surface area contributed by atoms with E-state index in [1.807, 2.05) is 18.2 Å². The highest BCUT2D eigenvalue weighted by Gasteiger charge is 2.34. The van der Waals surface area contributed by atoms with E-state index >= 15 is 0 Å². The van der Waals surface area contributed by atoms with Crippen molar-refractivity contribution in [3.8, 4) is 11.5 Å². The van der Waals surface area contributed by atoms with Crippen LogP contribution in [0.25, 0.3) is 10.9 Å². The van der Waals surface area contributed by atoms with Gasteiger partial charge < -0.3 is 20.1 Å². The molecule has 37 heavy (non-hydrogen) atoms. The molecule has 5 rings (SSSR count). The highest BCUT2D eigenvalue weighted by Crippen LogP contribution is 2.36. The van der Waals surface area contributed by atoms with Crippen LogP contribution in [0.1, 0.15) is 36.9 Å². The topological polar surface area (TPSA) is 72.5 Å². The number of nitrogens with one attached hydrogen (secondary N) is 2. The van der Waals surface area contributed by atoms with Gasteiger partial charge in [-0.3, -0.25) is 4.79 Å². The molecule has 196 valence electrons. The number of hydrogen-bond donors (Lipinski definition) is 2. The molecule has 0 radical (unpaired) electrons. The molecule has 1 fully saturated rings. The van der Waals surface area contributed by atoms with Crippen molar-refractivity contribution in [1.82, 2.24) is 10.3 Å². The number of halogens is 4. The molecule has 3 aromatic rings. The van der Waals surface area contributed by atoms with Gasteiger partial charge in [-0.05, 0) is 68.0 Å². The predicted octanol–water partition coefficient (Wildman–Crippen LogP) is 6.01. The van der Waals surface area contributed by atoms with Gasteiger partial charge >= 0.3 is 6.18 Å². The first-order valence-corrected chi connectivity index (χ1v) is 12.6. The van der Waals surface area contributed by atoms with Crippen molar-refractivity contribution >= 4 is 34.1 Å². The summed E-state index contributed by atoms with van der Waals surface area (Å²) >= 11 is 6.10. The minimum absolute atomic E-state index is 0.0113. The maximum atomic E-state index is 13.4. The molecular formula is C27H27ClF3N3O3. The van der Waals surface area contributed by atoms with Gasteiger partial charge in [0.15, 0.2) is 0 Å². The summed E-state index contributed by atoms with van der Waals surface area (Å²) in [6.45, 7) is 0.308. The third-order valence-corrected chi connectivity index (χ3v) is 7.28. The van der Waals surface area contributed by atoms with Crippen LogP contribution < -0.4 is 20.1 Å². The number of methoxy groups -OCH3 is 1. The van der Waals surface area contributed by atoms with E-state index in [2.05, 4.69) is 15.6 Å². The molecule has 2 heterocycles. The molecule has 6 nitrogen and oxygen atoms in total. The third kappa shape index (κ3) is 5.71. The Morgan fingerprint density at radius 3 is 2.57 bits per heavy atom. The molecule has 0 saturated heterocycles. The van der Waals surface area contributed by atoms with Crippen molar-refractivity contribution < 1.29 is 27.4 Å². The van der Waals surface area contributed by atoms with Gasteiger partial charge in [0.05, 0.1) is 18.5 Å². The number of carbonyl (C=O) groups is 1. The Hall–Kier alpha value is -3.20. The monoisotopic (exact) mass is 533 g/mol. The van der Waals surface area contributed by atoms with E-state index in [1.54, 1.807) is 13.2 Å². The fourth-order valence-electron chi connectivity index (χ4n) is 5.03. The molecular weight excluding hydrogens is 507 g/mol. The van der Waals surface area contributed by atoms with Crippen LogP contribution in [-0.4, -0.2) is 36.7 Å². The second-order valence-corrected chi connectivity index (χ2v) is 10.0. The number of benzene rings is 2. The van der Waals surface area contributed by atoms with E-state index < -0.39 is 11.9 Å². The number of hydrogen-bond acceptors (Lipinski definition) is 5. The Kier molecular flexibility index (Phi) is 7.07. The van der Waals surface area contributed by atoms with Crippen molar-refractivity contribution in [2.75, 3.05) is 19.0 Å². The standard InChI is InChI=1S/C27H27ClF3N3O3/c1-36-20-8-2-15-10-16(14-37-24(15)12-20)26(35)33-19-6-4-18(5-7-19)32-23-13-25(27(29,30)31)34-22-9-3-17(28)11-21(22)23/h2-3,8-9,11-13,16,18-19H,4-7,10,14H2,1H3,(H,32,34)(H,33,35). The largest absolute Gasteiger partial charge is 0.497 e. The van der Waals surface area contributed by atoms with Crippen LogP contribution >= 0.6 is 11.6 Å². The Morgan fingerprint density at radius 2 is 1.84 bits per heavy atom. The van der Waals surface area contributed by atoms with Crippen molar-refractivity contribution in [1.29, 1.82) is 0 Å². The van der Waals surface area contributed by atoms with Gasteiger partial charge in [-0.1, -0.05) is 17.7 Å². The van der Waals surface area contributed by atoms with Crippen LogP contribution in [0, 0.1) is 5.92 Å². The zero-order valence-corrected chi connectivity index (χ0v) is 21.0. The maximum absolute atomic E-state index is 13.4. The molecule has 1 atom stereocenters. The summed E-state index contributed by atoms with van der Waals surface area (Å²) in [6, 6.07) is 11.3. The van der Waals surface area contributed by atoms with Crippen LogP contribution in [0.2, 0.25) is 5.02 Å². The molecule has 1 saturated carbocycles. The first-order chi connectivity index (χ1) is 17.7. The summed E-state index contributed by atoms with van der Waals surface area (Å²) in [4.78, 5) is 16.7. The fourth-order valence-corrected chi connectivity index (χ4v) is 5.20. The van der Waals surface area contributed by atoms with Crippen LogP contribution in [-0.2, 0) is 17.4 Å². The van der Waals surface area contributed by atoms with Gasteiger partial charge in [-0.2, -0.15) is 13.2 Å². The van der Waals surface area contributed by atoms with E-state index in [-0.39, 0.29) is 29.4 Å². The number of carbonyl (C=O) groups excluding carboxylic acids is 1. The number of rotatable bonds is 5. The molecule has 10 heteroatoms. The lowest BCUT2D eigenvalue weighted by molar-refractivity contribution is -0.140. The summed E-state index contributed by atoms with van der Waals surface area (Å²) < 4.78 is 51.3. The summed E-state index contributed by atoms with van der Waals surface area (Å²) in [7, 11) is 1.60. The van der Waals surface area contributed by atoms with Gasteiger partial charge in [0.25, 0.3) is 0 Å². The molecule has 0 bridgehead atoms. The molecule has 0 spiro atoms. The molecule has 1 amide bonds. The number of aromatic nitrogens is 1. The Bertz CT molecular complexity index is 1310. The number of alkyl halides is 3. The normalized spacial score (nSPS) is 21.6. The smallest absolute Gasteiger partial charge is 0.433 e. The number of nitrogens with zero attached hydrogens (tertiary/aromatic N) is 1. The lowest BCUT2D eigenvalue weighted by Crippen LogP contribution is -2.45. The Morgan fingerprint density at radius 1 is 1.08 bits per heavy atom. The van der Waals surface area contributed by atoms with Gasteiger partial charge in [-0.15, -0.1) is 0 Å². The Balaban J connectivity index is 1.20.